The van der Waals surface area contributed by atoms with E-state index in [0.29, 0.717) is 10.6 Å². The van der Waals surface area contributed by atoms with Gasteiger partial charge in [0.15, 0.2) is 10.6 Å². The number of aryl methyl sites for hydroxylation is 2. The van der Waals surface area contributed by atoms with Gasteiger partial charge in [0.05, 0.1) is 0 Å². The number of rotatable bonds is 6. The number of benzene rings is 2. The molecule has 0 atom stereocenters. The van der Waals surface area contributed by atoms with Crippen LogP contribution in [0.25, 0.3) is 11.4 Å². The molecule has 2 heterocycles. The first-order valence-electron chi connectivity index (χ1n) is 9.58. The largest absolute Gasteiger partial charge is 0.331 e. The highest BCUT2D eigenvalue weighted by Gasteiger charge is 2.12. The maximum absolute atomic E-state index is 12.6. The molecule has 152 valence electrons. The summed E-state index contributed by atoms with van der Waals surface area (Å²) in [5.74, 6) is 1.44. The number of carbonyl (C=O) groups is 1. The van der Waals surface area contributed by atoms with Gasteiger partial charge in [-0.2, -0.15) is 5.10 Å². The Balaban J connectivity index is 1.44. The second kappa shape index (κ2) is 8.46. The van der Waals surface area contributed by atoms with Crippen molar-refractivity contribution in [2.45, 2.75) is 26.9 Å². The van der Waals surface area contributed by atoms with Crippen LogP contribution in [0.3, 0.4) is 0 Å². The second-order valence-corrected chi connectivity index (χ2v) is 7.54. The van der Waals surface area contributed by atoms with E-state index >= 15 is 0 Å². The van der Waals surface area contributed by atoms with Crippen molar-refractivity contribution < 1.29 is 4.79 Å². The van der Waals surface area contributed by atoms with Gasteiger partial charge in [0, 0.05) is 30.2 Å². The van der Waals surface area contributed by atoms with Crippen molar-refractivity contribution in [1.29, 1.82) is 0 Å². The Morgan fingerprint density at radius 1 is 1.10 bits per heavy atom. The number of aromatic amines is 1. The van der Waals surface area contributed by atoms with Gasteiger partial charge in [-0.25, -0.2) is 4.98 Å². The van der Waals surface area contributed by atoms with E-state index in [0.717, 1.165) is 34.7 Å². The average Bonchev–Trinajstić information content (AvgIpc) is 3.30. The number of hydrogen-bond acceptors (Lipinski definition) is 4. The molecule has 8 heteroatoms. The van der Waals surface area contributed by atoms with Crippen molar-refractivity contribution in [1.82, 2.24) is 24.3 Å². The van der Waals surface area contributed by atoms with Gasteiger partial charge in [0.1, 0.15) is 12.4 Å². The minimum Gasteiger partial charge on any atom is -0.331 e. The molecule has 0 fully saturated rings. The van der Waals surface area contributed by atoms with Crippen LogP contribution in [0.1, 0.15) is 17.0 Å². The van der Waals surface area contributed by atoms with Crippen LogP contribution < -0.4 is 5.32 Å². The summed E-state index contributed by atoms with van der Waals surface area (Å²) in [5.41, 5.74) is 3.93. The molecule has 2 aromatic heterocycles. The Morgan fingerprint density at radius 3 is 2.50 bits per heavy atom. The predicted octanol–water partition coefficient (Wildman–Crippen LogP) is 4.11. The zero-order chi connectivity index (χ0) is 21.1. The van der Waals surface area contributed by atoms with Crippen LogP contribution in [0.15, 0.2) is 60.9 Å². The van der Waals surface area contributed by atoms with Gasteiger partial charge in [-0.15, -0.1) is 0 Å². The molecule has 4 rings (SSSR count). The summed E-state index contributed by atoms with van der Waals surface area (Å²) in [4.78, 5) is 16.9. The number of aromatic nitrogens is 5. The molecule has 0 aliphatic heterocycles. The van der Waals surface area contributed by atoms with Crippen molar-refractivity contribution in [3.63, 3.8) is 0 Å². The average molecular weight is 419 g/mol. The van der Waals surface area contributed by atoms with Crippen LogP contribution in [-0.4, -0.2) is 30.2 Å². The van der Waals surface area contributed by atoms with Gasteiger partial charge >= 0.3 is 0 Å². The highest BCUT2D eigenvalue weighted by atomic mass is 32.1. The van der Waals surface area contributed by atoms with E-state index in [4.69, 9.17) is 12.2 Å². The Morgan fingerprint density at radius 2 is 1.83 bits per heavy atom. The van der Waals surface area contributed by atoms with E-state index in [1.807, 2.05) is 68.6 Å². The summed E-state index contributed by atoms with van der Waals surface area (Å²) in [6, 6.07) is 15.7. The fraction of sp³-hybridized carbons (Fsp3) is 0.182. The third kappa shape index (κ3) is 4.38. The molecule has 2 N–H and O–H groups in total. The zero-order valence-corrected chi connectivity index (χ0v) is 17.6. The smallest absolute Gasteiger partial charge is 0.244 e. The first-order valence-corrected chi connectivity index (χ1v) is 9.99. The first kappa shape index (κ1) is 19.8. The van der Waals surface area contributed by atoms with Crippen LogP contribution >= 0.6 is 12.2 Å². The molecule has 0 aliphatic rings. The van der Waals surface area contributed by atoms with Gasteiger partial charge in [-0.1, -0.05) is 42.0 Å². The third-order valence-electron chi connectivity index (χ3n) is 4.88. The quantitative estimate of drug-likeness (QED) is 0.462. The summed E-state index contributed by atoms with van der Waals surface area (Å²) in [5, 5.41) is 9.99. The molecule has 0 saturated carbocycles. The Labute approximate surface area is 179 Å². The lowest BCUT2D eigenvalue weighted by Crippen LogP contribution is -2.19. The fourth-order valence-electron chi connectivity index (χ4n) is 3.19. The van der Waals surface area contributed by atoms with Crippen molar-refractivity contribution >= 4 is 23.8 Å². The number of imidazole rings is 1. The van der Waals surface area contributed by atoms with Gasteiger partial charge < -0.3 is 9.88 Å². The maximum atomic E-state index is 12.6. The Hall–Kier alpha value is -3.52. The standard InChI is InChI=1S/C22H22N6OS/c1-15-3-7-18(8-4-15)21-25-26-22(30)28(21)14-20(29)24-19-9-5-17(6-10-19)13-27-12-11-23-16(27)2/h3-12H,13-14H2,1-2H3,(H,24,29)(H,26,30). The summed E-state index contributed by atoms with van der Waals surface area (Å²) < 4.78 is 4.18. The van der Waals surface area contributed by atoms with Crippen LogP contribution in [-0.2, 0) is 17.9 Å². The van der Waals surface area contributed by atoms with Crippen LogP contribution in [0.4, 0.5) is 5.69 Å². The van der Waals surface area contributed by atoms with E-state index in [2.05, 4.69) is 25.1 Å². The van der Waals surface area contributed by atoms with Crippen LogP contribution in [0.5, 0.6) is 0 Å². The van der Waals surface area contributed by atoms with Crippen molar-refractivity contribution in [2.75, 3.05) is 5.32 Å². The summed E-state index contributed by atoms with van der Waals surface area (Å²) >= 11 is 5.32. The van der Waals surface area contributed by atoms with E-state index < -0.39 is 0 Å². The summed E-state index contributed by atoms with van der Waals surface area (Å²) in [6.45, 7) is 4.81. The Bertz CT molecular complexity index is 1220. The molecule has 0 radical (unpaired) electrons. The molecular weight excluding hydrogens is 396 g/mol. The van der Waals surface area contributed by atoms with Gasteiger partial charge in [0.2, 0.25) is 5.91 Å². The number of amides is 1. The predicted molar refractivity (Wildman–Crippen MR) is 119 cm³/mol. The van der Waals surface area contributed by atoms with E-state index in [1.54, 1.807) is 10.8 Å². The number of nitrogens with zero attached hydrogens (tertiary/aromatic N) is 4. The second-order valence-electron chi connectivity index (χ2n) is 7.15. The molecule has 0 unspecified atom stereocenters. The Kier molecular flexibility index (Phi) is 5.58. The minimum absolute atomic E-state index is 0.0779. The molecule has 1 amide bonds. The molecule has 0 saturated heterocycles. The molecule has 0 bridgehead atoms. The van der Waals surface area contributed by atoms with Crippen molar-refractivity contribution in [3.05, 3.63) is 82.6 Å². The topological polar surface area (TPSA) is 80.5 Å². The highest BCUT2D eigenvalue weighted by molar-refractivity contribution is 7.71. The normalized spacial score (nSPS) is 10.9. The first-order chi connectivity index (χ1) is 14.5. The zero-order valence-electron chi connectivity index (χ0n) is 16.8. The lowest BCUT2D eigenvalue weighted by Gasteiger charge is -2.10. The van der Waals surface area contributed by atoms with Gasteiger partial charge in [-0.05, 0) is 43.8 Å². The van der Waals surface area contributed by atoms with Crippen molar-refractivity contribution in [2.24, 2.45) is 0 Å². The highest BCUT2D eigenvalue weighted by Crippen LogP contribution is 2.18. The third-order valence-corrected chi connectivity index (χ3v) is 5.20. The van der Waals surface area contributed by atoms with Crippen molar-refractivity contribution in [3.8, 4) is 11.4 Å². The van der Waals surface area contributed by atoms with E-state index in [1.165, 1.54) is 0 Å². The van der Waals surface area contributed by atoms with E-state index in [-0.39, 0.29) is 12.5 Å². The number of nitrogens with one attached hydrogen (secondary N) is 2. The molecule has 0 spiro atoms. The monoisotopic (exact) mass is 418 g/mol. The maximum Gasteiger partial charge on any atom is 0.244 e. The summed E-state index contributed by atoms with van der Waals surface area (Å²) in [7, 11) is 0. The lowest BCUT2D eigenvalue weighted by molar-refractivity contribution is -0.116. The lowest BCUT2D eigenvalue weighted by atomic mass is 10.1. The fourth-order valence-corrected chi connectivity index (χ4v) is 3.39. The van der Waals surface area contributed by atoms with Gasteiger partial charge in [0.25, 0.3) is 0 Å². The molecule has 0 aliphatic carbocycles. The molecular formula is C22H22N6OS. The number of carbonyl (C=O) groups excluding carboxylic acids is 1. The number of anilines is 1. The number of H-pyrrole nitrogens is 1. The van der Waals surface area contributed by atoms with Crippen LogP contribution in [0.2, 0.25) is 0 Å². The molecule has 2 aromatic carbocycles. The molecule has 7 nitrogen and oxygen atoms in total. The molecule has 4 aromatic rings. The minimum atomic E-state index is -0.168. The summed E-state index contributed by atoms with van der Waals surface area (Å²) in [6.07, 6.45) is 3.74. The van der Waals surface area contributed by atoms with Crippen LogP contribution in [0, 0.1) is 18.6 Å². The number of hydrogen-bond donors (Lipinski definition) is 2. The SMILES string of the molecule is Cc1ccc(-c2n[nH]c(=S)n2CC(=O)Nc2ccc(Cn3ccnc3C)cc2)cc1. The van der Waals surface area contributed by atoms with E-state index in [9.17, 15) is 4.79 Å². The van der Waals surface area contributed by atoms with Gasteiger partial charge in [-0.3, -0.25) is 14.5 Å². The molecule has 30 heavy (non-hydrogen) atoms.